The number of benzene rings is 3. The molecular weight excluding hydrogens is 476 g/mol. The first-order valence-electron chi connectivity index (χ1n) is 9.43. The van der Waals surface area contributed by atoms with E-state index in [2.05, 4.69) is 5.32 Å². The van der Waals surface area contributed by atoms with Crippen molar-refractivity contribution in [2.45, 2.75) is 12.8 Å². The highest BCUT2D eigenvalue weighted by atomic mass is 35.5. The van der Waals surface area contributed by atoms with Crippen LogP contribution in [0.15, 0.2) is 72.3 Å². The Balaban J connectivity index is 1.78. The van der Waals surface area contributed by atoms with Crippen LogP contribution < -0.4 is 10.1 Å². The molecule has 9 heteroatoms. The molecule has 0 atom stereocenters. The Kier molecular flexibility index (Phi) is 7.64. The molecule has 0 radical (unpaired) electrons. The molecule has 168 valence electrons. The van der Waals surface area contributed by atoms with Crippen LogP contribution in [0.2, 0.25) is 10.0 Å². The van der Waals surface area contributed by atoms with Crippen LogP contribution in [0, 0.1) is 11.3 Å². The number of anilines is 1. The van der Waals surface area contributed by atoms with Gasteiger partial charge < -0.3 is 10.1 Å². The van der Waals surface area contributed by atoms with Gasteiger partial charge in [-0.1, -0.05) is 59.6 Å². The number of amides is 1. The number of carbonyl (C=O) groups is 1. The smallest absolute Gasteiger partial charge is 0.416 e. The van der Waals surface area contributed by atoms with Crippen LogP contribution in [0.1, 0.15) is 16.7 Å². The number of hydrogen-bond donors (Lipinski definition) is 1. The summed E-state index contributed by atoms with van der Waals surface area (Å²) in [4.78, 5) is 12.4. The molecule has 0 aliphatic heterocycles. The second-order valence-electron chi connectivity index (χ2n) is 6.79. The fourth-order valence-electron chi connectivity index (χ4n) is 2.82. The molecule has 33 heavy (non-hydrogen) atoms. The van der Waals surface area contributed by atoms with Gasteiger partial charge in [-0.05, 0) is 47.5 Å². The number of rotatable bonds is 6. The van der Waals surface area contributed by atoms with Gasteiger partial charge in [-0.3, -0.25) is 4.79 Å². The third-order valence-electron chi connectivity index (χ3n) is 4.37. The van der Waals surface area contributed by atoms with Gasteiger partial charge in [0.05, 0.1) is 15.6 Å². The summed E-state index contributed by atoms with van der Waals surface area (Å²) in [6.45, 7) is 0.234. The van der Waals surface area contributed by atoms with Gasteiger partial charge in [-0.2, -0.15) is 18.4 Å². The molecule has 0 aliphatic rings. The van der Waals surface area contributed by atoms with Gasteiger partial charge in [-0.25, -0.2) is 0 Å². The molecule has 3 aromatic carbocycles. The highest BCUT2D eigenvalue weighted by molar-refractivity contribution is 6.37. The van der Waals surface area contributed by atoms with Gasteiger partial charge in [0.2, 0.25) is 0 Å². The molecule has 4 nitrogen and oxygen atoms in total. The summed E-state index contributed by atoms with van der Waals surface area (Å²) in [5, 5.41) is 12.0. The Morgan fingerprint density at radius 2 is 1.70 bits per heavy atom. The van der Waals surface area contributed by atoms with Crippen molar-refractivity contribution >= 4 is 40.9 Å². The molecule has 0 fully saturated rings. The molecule has 0 aliphatic carbocycles. The Bertz CT molecular complexity index is 1210. The number of ether oxygens (including phenoxy) is 1. The fraction of sp³-hybridized carbons (Fsp3) is 0.0833. The van der Waals surface area contributed by atoms with Crippen molar-refractivity contribution in [1.82, 2.24) is 0 Å². The van der Waals surface area contributed by atoms with Crippen molar-refractivity contribution < 1.29 is 22.7 Å². The lowest BCUT2D eigenvalue weighted by Gasteiger charge is -2.11. The number of alkyl halides is 3. The summed E-state index contributed by atoms with van der Waals surface area (Å²) in [5.41, 5.74) is -0.124. The van der Waals surface area contributed by atoms with Gasteiger partial charge in [0.25, 0.3) is 5.91 Å². The minimum absolute atomic E-state index is 0.100. The van der Waals surface area contributed by atoms with Gasteiger partial charge in [-0.15, -0.1) is 0 Å². The van der Waals surface area contributed by atoms with E-state index in [1.54, 1.807) is 6.07 Å². The maximum absolute atomic E-state index is 12.9. The number of hydrogen-bond acceptors (Lipinski definition) is 3. The maximum Gasteiger partial charge on any atom is 0.416 e. The van der Waals surface area contributed by atoms with Crippen LogP contribution in [0.3, 0.4) is 0 Å². The lowest BCUT2D eigenvalue weighted by atomic mass is 10.1. The van der Waals surface area contributed by atoms with Crippen molar-refractivity contribution in [3.8, 4) is 11.8 Å². The predicted octanol–water partition coefficient (Wildman–Crippen LogP) is 7.14. The lowest BCUT2D eigenvalue weighted by molar-refractivity contribution is -0.137. The largest absolute Gasteiger partial charge is 0.486 e. The van der Waals surface area contributed by atoms with E-state index in [0.29, 0.717) is 5.56 Å². The van der Waals surface area contributed by atoms with Gasteiger partial charge in [0, 0.05) is 5.69 Å². The van der Waals surface area contributed by atoms with Gasteiger partial charge in [0.1, 0.15) is 18.2 Å². The second-order valence-corrected chi connectivity index (χ2v) is 7.60. The highest BCUT2D eigenvalue weighted by Crippen LogP contribution is 2.35. The first kappa shape index (κ1) is 24.2. The third-order valence-corrected chi connectivity index (χ3v) is 4.93. The van der Waals surface area contributed by atoms with Crippen molar-refractivity contribution in [2.24, 2.45) is 0 Å². The molecule has 3 aromatic rings. The zero-order valence-electron chi connectivity index (χ0n) is 16.8. The van der Waals surface area contributed by atoms with Crippen LogP contribution in [0.25, 0.3) is 6.08 Å². The van der Waals surface area contributed by atoms with Crippen molar-refractivity contribution in [2.75, 3.05) is 5.32 Å². The zero-order chi connectivity index (χ0) is 24.0. The summed E-state index contributed by atoms with van der Waals surface area (Å²) >= 11 is 12.5. The monoisotopic (exact) mass is 490 g/mol. The van der Waals surface area contributed by atoms with Gasteiger partial charge >= 0.3 is 6.18 Å². The molecule has 0 saturated carbocycles. The molecular formula is C24H15Cl2F3N2O2. The van der Waals surface area contributed by atoms with E-state index in [1.807, 2.05) is 30.3 Å². The van der Waals surface area contributed by atoms with E-state index in [1.165, 1.54) is 24.3 Å². The predicted molar refractivity (Wildman–Crippen MR) is 121 cm³/mol. The Labute approximate surface area is 197 Å². The van der Waals surface area contributed by atoms with E-state index in [4.69, 9.17) is 27.9 Å². The summed E-state index contributed by atoms with van der Waals surface area (Å²) in [7, 11) is 0. The SMILES string of the molecule is N#C/C(=C\c1cc(Cl)c(OCc2ccccc2)c(Cl)c1)C(=O)Nc1cccc(C(F)(F)F)c1. The normalized spacial score (nSPS) is 11.6. The van der Waals surface area contributed by atoms with Crippen molar-refractivity contribution in [1.29, 1.82) is 5.26 Å². The Hall–Kier alpha value is -3.47. The molecule has 3 rings (SSSR count). The number of nitrogens with one attached hydrogen (secondary N) is 1. The molecule has 0 bridgehead atoms. The molecule has 1 amide bonds. The van der Waals surface area contributed by atoms with E-state index < -0.39 is 17.6 Å². The maximum atomic E-state index is 12.9. The Morgan fingerprint density at radius 3 is 2.30 bits per heavy atom. The molecule has 0 spiro atoms. The fourth-order valence-corrected chi connectivity index (χ4v) is 3.43. The minimum Gasteiger partial charge on any atom is -0.486 e. The molecule has 0 unspecified atom stereocenters. The van der Waals surface area contributed by atoms with E-state index in [9.17, 15) is 23.2 Å². The van der Waals surface area contributed by atoms with Crippen LogP contribution in [0.5, 0.6) is 5.75 Å². The molecule has 1 N–H and O–H groups in total. The standard InChI is InChI=1S/C24H15Cl2F3N2O2/c25-20-10-16(11-21(26)22(20)33-14-15-5-2-1-3-6-15)9-17(13-30)23(32)31-19-8-4-7-18(12-19)24(27,28)29/h1-12H,14H2,(H,31,32)/b17-9+. The third kappa shape index (κ3) is 6.51. The summed E-state index contributed by atoms with van der Waals surface area (Å²) in [6.07, 6.45) is -3.34. The molecule has 0 aromatic heterocycles. The summed E-state index contributed by atoms with van der Waals surface area (Å²) in [5.74, 6) is -0.639. The first-order chi connectivity index (χ1) is 15.7. The zero-order valence-corrected chi connectivity index (χ0v) is 18.3. The van der Waals surface area contributed by atoms with Crippen molar-refractivity contribution in [3.63, 3.8) is 0 Å². The van der Waals surface area contributed by atoms with Crippen LogP contribution in [-0.4, -0.2) is 5.91 Å². The topological polar surface area (TPSA) is 62.1 Å². The lowest BCUT2D eigenvalue weighted by Crippen LogP contribution is -2.14. The van der Waals surface area contributed by atoms with Crippen LogP contribution in [-0.2, 0) is 17.6 Å². The summed E-state index contributed by atoms with van der Waals surface area (Å²) in [6, 6.07) is 18.1. The average Bonchev–Trinajstić information content (AvgIpc) is 2.77. The van der Waals surface area contributed by atoms with Crippen LogP contribution >= 0.6 is 23.2 Å². The average molecular weight is 491 g/mol. The van der Waals surface area contributed by atoms with E-state index in [0.717, 1.165) is 23.8 Å². The number of nitrogens with zero attached hydrogens (tertiary/aromatic N) is 1. The summed E-state index contributed by atoms with van der Waals surface area (Å²) < 4.78 is 44.3. The second kappa shape index (κ2) is 10.4. The minimum atomic E-state index is -4.56. The Morgan fingerprint density at radius 1 is 1.03 bits per heavy atom. The van der Waals surface area contributed by atoms with Crippen LogP contribution in [0.4, 0.5) is 18.9 Å². The van der Waals surface area contributed by atoms with E-state index >= 15 is 0 Å². The number of halogens is 5. The van der Waals surface area contributed by atoms with Gasteiger partial charge in [0.15, 0.2) is 5.75 Å². The molecule has 0 heterocycles. The number of nitriles is 1. The number of carbonyl (C=O) groups excluding carboxylic acids is 1. The highest BCUT2D eigenvalue weighted by Gasteiger charge is 2.30. The van der Waals surface area contributed by atoms with Crippen molar-refractivity contribution in [3.05, 3.63) is 99.0 Å². The first-order valence-corrected chi connectivity index (χ1v) is 10.2. The van der Waals surface area contributed by atoms with E-state index in [-0.39, 0.29) is 33.7 Å². The quantitative estimate of drug-likeness (QED) is 0.295. The molecule has 0 saturated heterocycles.